The molecule has 0 rings (SSSR count). The van der Waals surface area contributed by atoms with Crippen molar-refractivity contribution in [3.8, 4) is 11.8 Å². The Kier molecular flexibility index (Phi) is 12.7. The topological polar surface area (TPSA) is 0 Å². The van der Waals surface area contributed by atoms with Crippen LogP contribution in [0.3, 0.4) is 0 Å². The van der Waals surface area contributed by atoms with Crippen LogP contribution in [0.2, 0.25) is 0 Å². The predicted molar refractivity (Wildman–Crippen MR) is 69.8 cm³/mol. The largest absolute Gasteiger partial charge is 0.0985 e. The highest BCUT2D eigenvalue weighted by Crippen LogP contribution is 2.04. The first-order chi connectivity index (χ1) is 7.41. The lowest BCUT2D eigenvalue weighted by molar-refractivity contribution is 0.637. The molecule has 0 bridgehead atoms. The monoisotopic (exact) mass is 206 g/mol. The Labute approximate surface area is 96.2 Å². The first-order valence-corrected chi connectivity index (χ1v) is 6.55. The Morgan fingerprint density at radius 1 is 0.867 bits per heavy atom. The van der Waals surface area contributed by atoms with Crippen LogP contribution in [-0.2, 0) is 0 Å². The van der Waals surface area contributed by atoms with E-state index in [4.69, 9.17) is 0 Å². The minimum atomic E-state index is 1.05. The van der Waals surface area contributed by atoms with Crippen molar-refractivity contribution in [2.75, 3.05) is 0 Å². The maximum atomic E-state index is 3.16. The van der Waals surface area contributed by atoms with E-state index in [0.717, 1.165) is 6.42 Å². The Morgan fingerprint density at radius 2 is 1.60 bits per heavy atom. The van der Waals surface area contributed by atoms with Gasteiger partial charge in [-0.3, -0.25) is 0 Å². The summed E-state index contributed by atoms with van der Waals surface area (Å²) in [5.74, 6) is 6.25. The van der Waals surface area contributed by atoms with Gasteiger partial charge in [0.2, 0.25) is 0 Å². The van der Waals surface area contributed by atoms with Crippen LogP contribution in [0.1, 0.15) is 71.6 Å². The third-order valence-electron chi connectivity index (χ3n) is 2.43. The molecule has 0 aromatic heterocycles. The number of hydrogen-bond acceptors (Lipinski definition) is 0. The predicted octanol–water partition coefficient (Wildman–Crippen LogP) is 5.10. The van der Waals surface area contributed by atoms with E-state index >= 15 is 0 Å². The first-order valence-electron chi connectivity index (χ1n) is 6.55. The third kappa shape index (κ3) is 13.3. The molecule has 0 N–H and O–H groups in total. The minimum absolute atomic E-state index is 1.05. The Morgan fingerprint density at radius 3 is 2.33 bits per heavy atom. The van der Waals surface area contributed by atoms with Gasteiger partial charge in [-0.05, 0) is 25.3 Å². The molecule has 0 nitrogen and oxygen atoms in total. The molecule has 0 radical (unpaired) electrons. The van der Waals surface area contributed by atoms with Crippen molar-refractivity contribution in [3.63, 3.8) is 0 Å². The molecule has 0 heterocycles. The average molecular weight is 206 g/mol. The molecular formula is C15H26. The van der Waals surface area contributed by atoms with Gasteiger partial charge in [0.15, 0.2) is 0 Å². The van der Waals surface area contributed by atoms with E-state index < -0.39 is 0 Å². The van der Waals surface area contributed by atoms with E-state index in [1.807, 2.05) is 6.08 Å². The normalized spacial score (nSPS) is 10.3. The molecule has 0 unspecified atom stereocenters. The molecule has 15 heavy (non-hydrogen) atoms. The van der Waals surface area contributed by atoms with E-state index in [1.54, 1.807) is 0 Å². The van der Waals surface area contributed by atoms with Gasteiger partial charge in [-0.15, -0.1) is 0 Å². The second-order valence-corrected chi connectivity index (χ2v) is 4.03. The summed E-state index contributed by atoms with van der Waals surface area (Å²) in [7, 11) is 0. The van der Waals surface area contributed by atoms with Crippen molar-refractivity contribution in [3.05, 3.63) is 12.2 Å². The van der Waals surface area contributed by atoms with E-state index in [0.29, 0.717) is 0 Å². The molecule has 0 saturated heterocycles. The molecule has 0 aliphatic rings. The number of unbranched alkanes of at least 4 members (excludes halogenated alkanes) is 7. The standard InChI is InChI=1S/C15H26/c1-3-5-7-9-11-13-15-14-12-10-8-6-4-2/h14-15H,3-9,11,13H2,1-2H3/b15-14-. The van der Waals surface area contributed by atoms with Crippen molar-refractivity contribution in [1.29, 1.82) is 0 Å². The van der Waals surface area contributed by atoms with Gasteiger partial charge in [0, 0.05) is 6.42 Å². The maximum absolute atomic E-state index is 3.16. The summed E-state index contributed by atoms with van der Waals surface area (Å²) in [4.78, 5) is 0. The highest BCUT2D eigenvalue weighted by Gasteiger charge is 1.85. The van der Waals surface area contributed by atoms with Crippen molar-refractivity contribution in [2.45, 2.75) is 71.6 Å². The minimum Gasteiger partial charge on any atom is -0.0985 e. The van der Waals surface area contributed by atoms with Crippen LogP contribution >= 0.6 is 0 Å². The lowest BCUT2D eigenvalue weighted by Gasteiger charge is -1.95. The van der Waals surface area contributed by atoms with Crippen LogP contribution in [0, 0.1) is 11.8 Å². The van der Waals surface area contributed by atoms with Crippen LogP contribution in [0.15, 0.2) is 12.2 Å². The molecule has 0 aliphatic carbocycles. The fourth-order valence-corrected chi connectivity index (χ4v) is 1.40. The van der Waals surface area contributed by atoms with Crippen LogP contribution in [0.25, 0.3) is 0 Å². The van der Waals surface area contributed by atoms with Crippen molar-refractivity contribution < 1.29 is 0 Å². The van der Waals surface area contributed by atoms with Gasteiger partial charge in [-0.25, -0.2) is 0 Å². The van der Waals surface area contributed by atoms with E-state index in [2.05, 4.69) is 31.8 Å². The second kappa shape index (κ2) is 13.3. The summed E-state index contributed by atoms with van der Waals surface area (Å²) in [6.07, 6.45) is 15.8. The number of hydrogen-bond donors (Lipinski definition) is 0. The first kappa shape index (κ1) is 14.3. The molecule has 0 saturated carbocycles. The second-order valence-electron chi connectivity index (χ2n) is 4.03. The SMILES string of the molecule is CCCCC#C/C=C\CCCCCCC. The molecule has 0 aliphatic heterocycles. The molecule has 0 heteroatoms. The summed E-state index contributed by atoms with van der Waals surface area (Å²) >= 11 is 0. The fraction of sp³-hybridized carbons (Fsp3) is 0.733. The summed E-state index contributed by atoms with van der Waals surface area (Å²) in [6.45, 7) is 4.46. The van der Waals surface area contributed by atoms with Crippen LogP contribution in [0.5, 0.6) is 0 Å². The Hall–Kier alpha value is -0.700. The molecule has 0 atom stereocenters. The van der Waals surface area contributed by atoms with Gasteiger partial charge in [-0.2, -0.15) is 0 Å². The molecular weight excluding hydrogens is 180 g/mol. The third-order valence-corrected chi connectivity index (χ3v) is 2.43. The highest BCUT2D eigenvalue weighted by atomic mass is 13.9. The average Bonchev–Trinajstić information content (AvgIpc) is 2.26. The Balaban J connectivity index is 3.18. The molecule has 0 aromatic carbocycles. The lowest BCUT2D eigenvalue weighted by atomic mass is 10.1. The fourth-order valence-electron chi connectivity index (χ4n) is 1.40. The van der Waals surface area contributed by atoms with E-state index in [1.165, 1.54) is 51.4 Å². The smallest absolute Gasteiger partial charge is 0.00921 e. The molecule has 0 aromatic rings. The zero-order valence-electron chi connectivity index (χ0n) is 10.5. The molecule has 0 amide bonds. The number of allylic oxidation sites excluding steroid dienone is 2. The van der Waals surface area contributed by atoms with E-state index in [9.17, 15) is 0 Å². The van der Waals surface area contributed by atoms with Gasteiger partial charge >= 0.3 is 0 Å². The lowest BCUT2D eigenvalue weighted by Crippen LogP contribution is -1.75. The van der Waals surface area contributed by atoms with Gasteiger partial charge in [0.1, 0.15) is 0 Å². The van der Waals surface area contributed by atoms with Crippen molar-refractivity contribution in [2.24, 2.45) is 0 Å². The zero-order chi connectivity index (χ0) is 11.2. The van der Waals surface area contributed by atoms with Crippen molar-refractivity contribution in [1.82, 2.24) is 0 Å². The number of rotatable bonds is 8. The van der Waals surface area contributed by atoms with Crippen LogP contribution in [0.4, 0.5) is 0 Å². The van der Waals surface area contributed by atoms with Crippen LogP contribution < -0.4 is 0 Å². The summed E-state index contributed by atoms with van der Waals surface area (Å²) in [5, 5.41) is 0. The summed E-state index contributed by atoms with van der Waals surface area (Å²) < 4.78 is 0. The van der Waals surface area contributed by atoms with Crippen LogP contribution in [-0.4, -0.2) is 0 Å². The zero-order valence-corrected chi connectivity index (χ0v) is 10.5. The quantitative estimate of drug-likeness (QED) is 0.383. The highest BCUT2D eigenvalue weighted by molar-refractivity contribution is 5.14. The molecule has 0 spiro atoms. The summed E-state index contributed by atoms with van der Waals surface area (Å²) in [5.41, 5.74) is 0. The van der Waals surface area contributed by atoms with Gasteiger partial charge in [0.25, 0.3) is 0 Å². The molecule has 86 valence electrons. The van der Waals surface area contributed by atoms with Gasteiger partial charge < -0.3 is 0 Å². The molecule has 0 fully saturated rings. The van der Waals surface area contributed by atoms with Crippen molar-refractivity contribution >= 4 is 0 Å². The Bertz CT molecular complexity index is 190. The van der Waals surface area contributed by atoms with Gasteiger partial charge in [0.05, 0.1) is 0 Å². The summed E-state index contributed by atoms with van der Waals surface area (Å²) in [6, 6.07) is 0. The van der Waals surface area contributed by atoms with Gasteiger partial charge in [-0.1, -0.05) is 63.9 Å². The maximum Gasteiger partial charge on any atom is 0.00921 e. The van der Waals surface area contributed by atoms with E-state index in [-0.39, 0.29) is 0 Å².